The van der Waals surface area contributed by atoms with Gasteiger partial charge in [-0.2, -0.15) is 5.26 Å². The lowest BCUT2D eigenvalue weighted by atomic mass is 10.2. The summed E-state index contributed by atoms with van der Waals surface area (Å²) >= 11 is 0. The highest BCUT2D eigenvalue weighted by Gasteiger charge is 2.02. The van der Waals surface area contributed by atoms with E-state index < -0.39 is 0 Å². The number of ether oxygens (including phenoxy) is 2. The summed E-state index contributed by atoms with van der Waals surface area (Å²) in [5.41, 5.74) is 1.28. The number of nitrogens with zero attached hydrogens (tertiary/aromatic N) is 1. The largest absolute Gasteiger partial charge is 0.385 e. The fourth-order valence-electron chi connectivity index (χ4n) is 1.59. The number of hydrogen-bond acceptors (Lipinski definition) is 4. The predicted octanol–water partition coefficient (Wildman–Crippen LogP) is 2.33. The maximum atomic E-state index is 11.7. The molecule has 0 aliphatic rings. The third kappa shape index (κ3) is 6.88. The van der Waals surface area contributed by atoms with E-state index in [2.05, 4.69) is 5.32 Å². The zero-order valence-corrected chi connectivity index (χ0v) is 11.7. The fraction of sp³-hybridized carbons (Fsp3) is 0.467. The molecule has 1 N–H and O–H groups in total. The van der Waals surface area contributed by atoms with Gasteiger partial charge < -0.3 is 14.8 Å². The molecule has 5 nitrogen and oxygen atoms in total. The Morgan fingerprint density at radius 3 is 2.55 bits per heavy atom. The molecule has 108 valence electrons. The normalized spacial score (nSPS) is 10.0. The number of carbonyl (C=O) groups is 1. The van der Waals surface area contributed by atoms with E-state index in [1.165, 1.54) is 0 Å². The predicted molar refractivity (Wildman–Crippen MR) is 76.3 cm³/mol. The molecule has 1 rings (SSSR count). The van der Waals surface area contributed by atoms with E-state index in [1.54, 1.807) is 31.4 Å². The number of carbonyl (C=O) groups excluding carboxylic acids is 1. The standard InChI is InChI=1S/C15H20N2O3/c1-19-9-3-11-20-10-2-4-15(18)17-14-7-5-13(12-16)6-8-14/h5-8H,2-4,9-11H2,1H3,(H,17,18). The lowest BCUT2D eigenvalue weighted by Gasteiger charge is -2.06. The van der Waals surface area contributed by atoms with Crippen molar-refractivity contribution >= 4 is 11.6 Å². The summed E-state index contributed by atoms with van der Waals surface area (Å²) in [5.74, 6) is -0.0461. The number of nitriles is 1. The highest BCUT2D eigenvalue weighted by molar-refractivity contribution is 5.90. The van der Waals surface area contributed by atoms with Gasteiger partial charge in [0.1, 0.15) is 0 Å². The van der Waals surface area contributed by atoms with Gasteiger partial charge in [-0.15, -0.1) is 0 Å². The van der Waals surface area contributed by atoms with Crippen LogP contribution in [0.5, 0.6) is 0 Å². The van der Waals surface area contributed by atoms with Gasteiger partial charge in [-0.25, -0.2) is 0 Å². The first kappa shape index (κ1) is 16.2. The van der Waals surface area contributed by atoms with Crippen LogP contribution in [0.15, 0.2) is 24.3 Å². The van der Waals surface area contributed by atoms with Crippen LogP contribution in [0.4, 0.5) is 5.69 Å². The molecule has 20 heavy (non-hydrogen) atoms. The Morgan fingerprint density at radius 2 is 1.90 bits per heavy atom. The molecule has 0 fully saturated rings. The molecule has 1 aromatic carbocycles. The number of benzene rings is 1. The number of hydrogen-bond donors (Lipinski definition) is 1. The van der Waals surface area contributed by atoms with E-state index in [9.17, 15) is 4.79 Å². The van der Waals surface area contributed by atoms with Crippen molar-refractivity contribution in [2.24, 2.45) is 0 Å². The Labute approximate surface area is 119 Å². The van der Waals surface area contributed by atoms with Crippen LogP contribution in [-0.2, 0) is 14.3 Å². The lowest BCUT2D eigenvalue weighted by Crippen LogP contribution is -2.12. The smallest absolute Gasteiger partial charge is 0.224 e. The highest BCUT2D eigenvalue weighted by Crippen LogP contribution is 2.09. The van der Waals surface area contributed by atoms with E-state index in [4.69, 9.17) is 14.7 Å². The molecule has 0 saturated heterocycles. The summed E-state index contributed by atoms with van der Waals surface area (Å²) in [6.45, 7) is 1.93. The molecule has 0 heterocycles. The second-order valence-electron chi connectivity index (χ2n) is 4.30. The first-order valence-corrected chi connectivity index (χ1v) is 6.63. The lowest BCUT2D eigenvalue weighted by molar-refractivity contribution is -0.116. The second-order valence-corrected chi connectivity index (χ2v) is 4.30. The molecule has 0 aromatic heterocycles. The molecule has 0 bridgehead atoms. The third-order valence-electron chi connectivity index (χ3n) is 2.63. The summed E-state index contributed by atoms with van der Waals surface area (Å²) < 4.78 is 10.3. The van der Waals surface area contributed by atoms with Crippen molar-refractivity contribution in [3.63, 3.8) is 0 Å². The molecule has 0 aliphatic heterocycles. The quantitative estimate of drug-likeness (QED) is 0.703. The van der Waals surface area contributed by atoms with Crippen molar-refractivity contribution < 1.29 is 14.3 Å². The molecule has 0 aliphatic carbocycles. The van der Waals surface area contributed by atoms with Gasteiger partial charge in [0.2, 0.25) is 5.91 Å². The fourth-order valence-corrected chi connectivity index (χ4v) is 1.59. The monoisotopic (exact) mass is 276 g/mol. The van der Waals surface area contributed by atoms with Gasteiger partial charge in [0.15, 0.2) is 0 Å². The van der Waals surface area contributed by atoms with Crippen LogP contribution in [0.2, 0.25) is 0 Å². The Kier molecular flexibility index (Phi) is 8.04. The van der Waals surface area contributed by atoms with E-state index in [-0.39, 0.29) is 5.91 Å². The first-order valence-electron chi connectivity index (χ1n) is 6.63. The van der Waals surface area contributed by atoms with Crippen LogP contribution >= 0.6 is 0 Å². The van der Waals surface area contributed by atoms with Gasteiger partial charge in [0.25, 0.3) is 0 Å². The summed E-state index contributed by atoms with van der Waals surface area (Å²) in [7, 11) is 1.66. The first-order chi connectivity index (χ1) is 9.76. The molecule has 0 radical (unpaired) electrons. The zero-order valence-electron chi connectivity index (χ0n) is 11.7. The number of amides is 1. The molecule has 0 saturated carbocycles. The Morgan fingerprint density at radius 1 is 1.20 bits per heavy atom. The number of anilines is 1. The third-order valence-corrected chi connectivity index (χ3v) is 2.63. The van der Waals surface area contributed by atoms with Crippen molar-refractivity contribution in [1.82, 2.24) is 0 Å². The molecule has 1 aromatic rings. The van der Waals surface area contributed by atoms with Crippen LogP contribution in [0.1, 0.15) is 24.8 Å². The molecule has 0 atom stereocenters. The van der Waals surface area contributed by atoms with Crippen LogP contribution in [0, 0.1) is 11.3 Å². The van der Waals surface area contributed by atoms with Gasteiger partial charge in [-0.3, -0.25) is 4.79 Å². The molecule has 0 unspecified atom stereocenters. The van der Waals surface area contributed by atoms with Crippen LogP contribution in [0.25, 0.3) is 0 Å². The van der Waals surface area contributed by atoms with Gasteiger partial charge in [0, 0.05) is 39.0 Å². The summed E-state index contributed by atoms with van der Waals surface area (Å²) in [4.78, 5) is 11.7. The summed E-state index contributed by atoms with van der Waals surface area (Å²) in [5, 5.41) is 11.5. The molecular weight excluding hydrogens is 256 g/mol. The number of nitrogens with one attached hydrogen (secondary N) is 1. The van der Waals surface area contributed by atoms with Crippen molar-refractivity contribution in [3.05, 3.63) is 29.8 Å². The maximum absolute atomic E-state index is 11.7. The second kappa shape index (κ2) is 9.96. The van der Waals surface area contributed by atoms with Crippen molar-refractivity contribution in [1.29, 1.82) is 5.26 Å². The zero-order chi connectivity index (χ0) is 14.6. The van der Waals surface area contributed by atoms with E-state index in [0.717, 1.165) is 6.42 Å². The minimum Gasteiger partial charge on any atom is -0.385 e. The SMILES string of the molecule is COCCCOCCCC(=O)Nc1ccc(C#N)cc1. The maximum Gasteiger partial charge on any atom is 0.224 e. The van der Waals surface area contributed by atoms with Gasteiger partial charge in [0.05, 0.1) is 11.6 Å². The summed E-state index contributed by atoms with van der Waals surface area (Å²) in [6, 6.07) is 8.82. The number of methoxy groups -OCH3 is 1. The van der Waals surface area contributed by atoms with Crippen molar-refractivity contribution in [2.75, 3.05) is 32.2 Å². The van der Waals surface area contributed by atoms with E-state index in [0.29, 0.717) is 43.9 Å². The van der Waals surface area contributed by atoms with E-state index >= 15 is 0 Å². The van der Waals surface area contributed by atoms with Gasteiger partial charge in [-0.1, -0.05) is 0 Å². The Balaban J connectivity index is 2.12. The van der Waals surface area contributed by atoms with Crippen LogP contribution < -0.4 is 5.32 Å². The van der Waals surface area contributed by atoms with Crippen LogP contribution in [-0.4, -0.2) is 32.8 Å². The average molecular weight is 276 g/mol. The number of rotatable bonds is 9. The molecule has 0 spiro atoms. The minimum atomic E-state index is -0.0461. The van der Waals surface area contributed by atoms with Crippen molar-refractivity contribution in [2.45, 2.75) is 19.3 Å². The van der Waals surface area contributed by atoms with Crippen molar-refractivity contribution in [3.8, 4) is 6.07 Å². The van der Waals surface area contributed by atoms with E-state index in [1.807, 2.05) is 6.07 Å². The Hall–Kier alpha value is -1.90. The summed E-state index contributed by atoms with van der Waals surface area (Å²) in [6.07, 6.45) is 1.98. The highest BCUT2D eigenvalue weighted by atomic mass is 16.5. The molecule has 1 amide bonds. The topological polar surface area (TPSA) is 71.3 Å². The Bertz CT molecular complexity index is 437. The van der Waals surface area contributed by atoms with Gasteiger partial charge in [-0.05, 0) is 37.1 Å². The van der Waals surface area contributed by atoms with Crippen LogP contribution in [0.3, 0.4) is 0 Å². The average Bonchev–Trinajstić information content (AvgIpc) is 2.47. The molecule has 5 heteroatoms. The van der Waals surface area contributed by atoms with Gasteiger partial charge >= 0.3 is 0 Å². The molecular formula is C15H20N2O3. The minimum absolute atomic E-state index is 0.0461.